The number of para-hydroxylation sites is 1. The molecule has 3 aromatic rings. The summed E-state index contributed by atoms with van der Waals surface area (Å²) in [6, 6.07) is 15.4. The Hall–Kier alpha value is -2.17. The molecule has 0 radical (unpaired) electrons. The van der Waals surface area contributed by atoms with Gasteiger partial charge in [-0.25, -0.2) is 4.39 Å². The quantitative estimate of drug-likeness (QED) is 0.665. The molecule has 4 rings (SSSR count). The van der Waals surface area contributed by atoms with Gasteiger partial charge in [0.15, 0.2) is 0 Å². The second-order valence-corrected chi connectivity index (χ2v) is 6.99. The summed E-state index contributed by atoms with van der Waals surface area (Å²) >= 11 is 0. The van der Waals surface area contributed by atoms with Gasteiger partial charge in [-0.15, -0.1) is 0 Å². The Labute approximate surface area is 154 Å². The molecule has 1 saturated heterocycles. The number of ether oxygens (including phenoxy) is 1. The van der Waals surface area contributed by atoms with E-state index in [0.29, 0.717) is 6.54 Å². The van der Waals surface area contributed by atoms with Gasteiger partial charge in [-0.3, -0.25) is 4.90 Å². The highest BCUT2D eigenvalue weighted by molar-refractivity contribution is 5.84. The second-order valence-electron chi connectivity index (χ2n) is 6.99. The smallest absolute Gasteiger partial charge is 0.123 e. The van der Waals surface area contributed by atoms with Crippen LogP contribution in [0.5, 0.6) is 0 Å². The van der Waals surface area contributed by atoms with Crippen molar-refractivity contribution in [2.24, 2.45) is 0 Å². The number of aromatic nitrogens is 1. The number of fused-ring (bicyclic) bond motifs is 1. The maximum Gasteiger partial charge on any atom is 0.123 e. The standard InChI is InChI=1S/C22H25FN2O/c23-20-7-3-5-18(15-20)16-25-17-19(21-8-1-2-9-22(21)25)6-4-10-24-11-13-26-14-12-24/h1-3,5,7-9,15,17H,4,6,10-14,16H2. The minimum atomic E-state index is -0.176. The lowest BCUT2D eigenvalue weighted by Crippen LogP contribution is -2.36. The lowest BCUT2D eigenvalue weighted by atomic mass is 10.1. The number of benzene rings is 2. The number of halogens is 1. The molecule has 0 saturated carbocycles. The van der Waals surface area contributed by atoms with Crippen LogP contribution in [0.4, 0.5) is 4.39 Å². The maximum absolute atomic E-state index is 13.5. The largest absolute Gasteiger partial charge is 0.379 e. The Balaban J connectivity index is 1.50. The van der Waals surface area contributed by atoms with Crippen molar-refractivity contribution >= 4 is 10.9 Å². The Bertz CT molecular complexity index is 867. The minimum Gasteiger partial charge on any atom is -0.379 e. The van der Waals surface area contributed by atoms with Crippen LogP contribution >= 0.6 is 0 Å². The predicted octanol–water partition coefficient (Wildman–Crippen LogP) is 4.09. The van der Waals surface area contributed by atoms with Crippen molar-refractivity contribution in [3.63, 3.8) is 0 Å². The minimum absolute atomic E-state index is 0.176. The molecule has 0 aliphatic carbocycles. The van der Waals surface area contributed by atoms with Crippen LogP contribution in [0, 0.1) is 5.82 Å². The van der Waals surface area contributed by atoms with Crippen LogP contribution in [0.3, 0.4) is 0 Å². The first-order chi connectivity index (χ1) is 12.8. The SMILES string of the molecule is Fc1cccc(Cn2cc(CCCN3CCOCC3)c3ccccc32)c1. The average molecular weight is 352 g/mol. The fourth-order valence-corrected chi connectivity index (χ4v) is 3.80. The van der Waals surface area contributed by atoms with Gasteiger partial charge >= 0.3 is 0 Å². The summed E-state index contributed by atoms with van der Waals surface area (Å²) in [5, 5.41) is 1.31. The molecule has 136 valence electrons. The zero-order chi connectivity index (χ0) is 17.8. The molecule has 0 bridgehead atoms. The first kappa shape index (κ1) is 17.3. The third kappa shape index (κ3) is 3.97. The summed E-state index contributed by atoms with van der Waals surface area (Å²) in [6.07, 6.45) is 4.46. The summed E-state index contributed by atoms with van der Waals surface area (Å²) in [4.78, 5) is 2.48. The molecular weight excluding hydrogens is 327 g/mol. The molecule has 2 heterocycles. The summed E-state index contributed by atoms with van der Waals surface area (Å²) in [7, 11) is 0. The molecular formula is C22H25FN2O. The summed E-state index contributed by atoms with van der Waals surface area (Å²) in [5.74, 6) is -0.176. The normalized spacial score (nSPS) is 15.6. The third-order valence-corrected chi connectivity index (χ3v) is 5.14. The number of morpholine rings is 1. The number of aryl methyl sites for hydroxylation is 1. The van der Waals surface area contributed by atoms with Crippen LogP contribution in [0.2, 0.25) is 0 Å². The van der Waals surface area contributed by atoms with Crippen LogP contribution in [-0.4, -0.2) is 42.3 Å². The fraction of sp³-hybridized carbons (Fsp3) is 0.364. The molecule has 26 heavy (non-hydrogen) atoms. The summed E-state index contributed by atoms with van der Waals surface area (Å²) in [5.41, 5.74) is 3.59. The van der Waals surface area contributed by atoms with Crippen molar-refractivity contribution in [1.82, 2.24) is 9.47 Å². The van der Waals surface area contributed by atoms with Gasteiger partial charge in [0.2, 0.25) is 0 Å². The van der Waals surface area contributed by atoms with Crippen molar-refractivity contribution in [2.75, 3.05) is 32.8 Å². The van der Waals surface area contributed by atoms with E-state index in [1.165, 1.54) is 22.5 Å². The molecule has 1 fully saturated rings. The van der Waals surface area contributed by atoms with Gasteiger partial charge < -0.3 is 9.30 Å². The van der Waals surface area contributed by atoms with Crippen molar-refractivity contribution in [2.45, 2.75) is 19.4 Å². The zero-order valence-electron chi connectivity index (χ0n) is 15.0. The van der Waals surface area contributed by atoms with E-state index in [9.17, 15) is 4.39 Å². The number of nitrogens with zero attached hydrogens (tertiary/aromatic N) is 2. The van der Waals surface area contributed by atoms with E-state index in [4.69, 9.17) is 4.74 Å². The maximum atomic E-state index is 13.5. The molecule has 4 heteroatoms. The predicted molar refractivity (Wildman–Crippen MR) is 103 cm³/mol. The monoisotopic (exact) mass is 352 g/mol. The lowest BCUT2D eigenvalue weighted by molar-refractivity contribution is 0.0375. The van der Waals surface area contributed by atoms with Crippen molar-refractivity contribution in [3.05, 3.63) is 71.7 Å². The molecule has 0 unspecified atom stereocenters. The molecule has 0 atom stereocenters. The molecule has 3 nitrogen and oxygen atoms in total. The van der Waals surface area contributed by atoms with E-state index in [1.807, 2.05) is 6.07 Å². The third-order valence-electron chi connectivity index (χ3n) is 5.14. The van der Waals surface area contributed by atoms with Gasteiger partial charge in [0.05, 0.1) is 13.2 Å². The highest BCUT2D eigenvalue weighted by Crippen LogP contribution is 2.24. The molecule has 0 N–H and O–H groups in total. The van der Waals surface area contributed by atoms with Crippen LogP contribution in [0.25, 0.3) is 10.9 Å². The van der Waals surface area contributed by atoms with E-state index in [2.05, 4.69) is 39.9 Å². The van der Waals surface area contributed by atoms with Gasteiger partial charge in [-0.1, -0.05) is 30.3 Å². The summed E-state index contributed by atoms with van der Waals surface area (Å²) in [6.45, 7) is 5.61. The van der Waals surface area contributed by atoms with E-state index < -0.39 is 0 Å². The first-order valence-corrected chi connectivity index (χ1v) is 9.41. The zero-order valence-corrected chi connectivity index (χ0v) is 15.0. The highest BCUT2D eigenvalue weighted by atomic mass is 19.1. The van der Waals surface area contributed by atoms with Gasteiger partial charge in [-0.2, -0.15) is 0 Å². The van der Waals surface area contributed by atoms with Crippen molar-refractivity contribution in [1.29, 1.82) is 0 Å². The lowest BCUT2D eigenvalue weighted by Gasteiger charge is -2.26. The van der Waals surface area contributed by atoms with Crippen LogP contribution in [-0.2, 0) is 17.7 Å². The first-order valence-electron chi connectivity index (χ1n) is 9.41. The Morgan fingerprint density at radius 3 is 2.69 bits per heavy atom. The second kappa shape index (κ2) is 8.02. The number of rotatable bonds is 6. The van der Waals surface area contributed by atoms with Crippen LogP contribution < -0.4 is 0 Å². The van der Waals surface area contributed by atoms with E-state index in [1.54, 1.807) is 12.1 Å². The Morgan fingerprint density at radius 2 is 1.85 bits per heavy atom. The summed E-state index contributed by atoms with van der Waals surface area (Å²) < 4.78 is 21.2. The fourth-order valence-electron chi connectivity index (χ4n) is 3.80. The van der Waals surface area contributed by atoms with Crippen molar-refractivity contribution in [3.8, 4) is 0 Å². The van der Waals surface area contributed by atoms with E-state index in [0.717, 1.165) is 51.3 Å². The van der Waals surface area contributed by atoms with E-state index >= 15 is 0 Å². The molecule has 2 aromatic carbocycles. The van der Waals surface area contributed by atoms with Gasteiger partial charge in [0.1, 0.15) is 5.82 Å². The molecule has 0 amide bonds. The van der Waals surface area contributed by atoms with Gasteiger partial charge in [-0.05, 0) is 48.7 Å². The number of hydrogen-bond donors (Lipinski definition) is 0. The topological polar surface area (TPSA) is 17.4 Å². The molecule has 1 aliphatic heterocycles. The van der Waals surface area contributed by atoms with Crippen LogP contribution in [0.1, 0.15) is 17.5 Å². The van der Waals surface area contributed by atoms with Crippen LogP contribution in [0.15, 0.2) is 54.7 Å². The highest BCUT2D eigenvalue weighted by Gasteiger charge is 2.12. The molecule has 0 spiro atoms. The molecule has 1 aromatic heterocycles. The van der Waals surface area contributed by atoms with Gasteiger partial charge in [0, 0.05) is 36.7 Å². The van der Waals surface area contributed by atoms with E-state index in [-0.39, 0.29) is 5.82 Å². The molecule has 1 aliphatic rings. The van der Waals surface area contributed by atoms with Gasteiger partial charge in [0.25, 0.3) is 0 Å². The average Bonchev–Trinajstić information content (AvgIpc) is 3.01. The number of hydrogen-bond acceptors (Lipinski definition) is 2. The van der Waals surface area contributed by atoms with Crippen molar-refractivity contribution < 1.29 is 9.13 Å². The Morgan fingerprint density at radius 1 is 1.00 bits per heavy atom. The Kier molecular flexibility index (Phi) is 5.32.